The molecule has 0 aromatic rings. The molecule has 124 valence electrons. The Morgan fingerprint density at radius 3 is 1.90 bits per heavy atom. The van der Waals surface area contributed by atoms with Gasteiger partial charge in [-0.3, -0.25) is 0 Å². The van der Waals surface area contributed by atoms with Gasteiger partial charge in [0, 0.05) is 0 Å². The Morgan fingerprint density at radius 1 is 0.857 bits per heavy atom. The van der Waals surface area contributed by atoms with E-state index >= 15 is 0 Å². The van der Waals surface area contributed by atoms with E-state index in [1.54, 1.807) is 0 Å². The first-order valence-corrected chi connectivity index (χ1v) is 9.41. The molecule has 1 N–H and O–H groups in total. The molecule has 0 saturated carbocycles. The molecule has 2 nitrogen and oxygen atoms in total. The quantitative estimate of drug-likeness (QED) is 0.442. The van der Waals surface area contributed by atoms with Crippen LogP contribution >= 0.6 is 0 Å². The van der Waals surface area contributed by atoms with Gasteiger partial charge in [-0.1, -0.05) is 58.3 Å². The van der Waals surface area contributed by atoms with E-state index in [-0.39, 0.29) is 0 Å². The zero-order valence-electron chi connectivity index (χ0n) is 14.6. The van der Waals surface area contributed by atoms with E-state index in [2.05, 4.69) is 13.8 Å². The van der Waals surface area contributed by atoms with Gasteiger partial charge in [-0.2, -0.15) is 0 Å². The van der Waals surface area contributed by atoms with Gasteiger partial charge >= 0.3 is 0 Å². The molecule has 1 saturated heterocycles. The van der Waals surface area contributed by atoms with E-state index in [9.17, 15) is 0 Å². The zero-order valence-corrected chi connectivity index (χ0v) is 14.6. The number of nitrogens with one attached hydrogen (secondary N) is 1. The van der Waals surface area contributed by atoms with Crippen LogP contribution in [0.25, 0.3) is 0 Å². The van der Waals surface area contributed by atoms with Crippen LogP contribution in [0.1, 0.15) is 97.3 Å². The van der Waals surface area contributed by atoms with Crippen LogP contribution in [-0.2, 0) is 0 Å². The van der Waals surface area contributed by atoms with Gasteiger partial charge in [-0.25, -0.2) is 0 Å². The van der Waals surface area contributed by atoms with Crippen LogP contribution in [0.15, 0.2) is 0 Å². The molecule has 2 heteroatoms. The monoisotopic (exact) mass is 294 g/mol. The Bertz CT molecular complexity index is 225. The topological polar surface area (TPSA) is 28.2 Å². The highest BCUT2D eigenvalue weighted by Gasteiger charge is 2.20. The number of likely N-dealkylation sites (tertiary alicyclic amines) is 1. The van der Waals surface area contributed by atoms with Gasteiger partial charge in [0.05, 0.1) is 19.1 Å². The molecule has 0 radical (unpaired) electrons. The van der Waals surface area contributed by atoms with Crippen LogP contribution in [0, 0.1) is 11.8 Å². The predicted octanol–water partition coefficient (Wildman–Crippen LogP) is 4.46. The summed E-state index contributed by atoms with van der Waals surface area (Å²) in [5.41, 5.74) is 0. The minimum atomic E-state index is 0.937. The summed E-state index contributed by atoms with van der Waals surface area (Å²) in [5.74, 6) is 0. The maximum absolute atomic E-state index is 6.25. The van der Waals surface area contributed by atoms with Gasteiger partial charge < -0.3 is 16.7 Å². The number of hydrogen-bond donors (Lipinski definition) is 1. The van der Waals surface area contributed by atoms with Gasteiger partial charge in [-0.05, 0) is 39.0 Å². The number of rotatable bonds is 11. The lowest BCUT2D eigenvalue weighted by Gasteiger charge is -2.30. The molecule has 0 bridgehead atoms. The Kier molecular flexibility index (Phi) is 15.4. The molecule has 1 fully saturated rings. The standard InChI is InChI=1S/C18H37N.CN/c1-3-4-5-6-7-8-9-10-11-13-16-19-17-14-12-15-18(19)2;1-2/h18H,3-17H2,1-2H3;/q;-1/p+1. The largest absolute Gasteiger partial charge is 0.512 e. The highest BCUT2D eigenvalue weighted by atomic mass is 15.1. The molecule has 1 rings (SSSR count). The smallest absolute Gasteiger partial charge is 0.0846 e. The number of nitrogens with zero attached hydrogens (tertiary/aromatic N) is 1. The third-order valence-electron chi connectivity index (χ3n) is 4.93. The molecule has 0 aromatic heterocycles. The van der Waals surface area contributed by atoms with Crippen molar-refractivity contribution in [3.05, 3.63) is 6.57 Å². The average molecular weight is 295 g/mol. The van der Waals surface area contributed by atoms with Crippen molar-refractivity contribution < 1.29 is 4.90 Å². The maximum atomic E-state index is 6.25. The molecule has 1 aliphatic heterocycles. The lowest BCUT2D eigenvalue weighted by atomic mass is 10.0. The second kappa shape index (κ2) is 15.8. The fourth-order valence-corrected chi connectivity index (χ4v) is 3.46. The summed E-state index contributed by atoms with van der Waals surface area (Å²) < 4.78 is 0. The average Bonchev–Trinajstić information content (AvgIpc) is 2.53. The normalized spacial score (nSPS) is 21.5. The first kappa shape index (κ1) is 20.5. The molecule has 0 amide bonds. The molecule has 0 spiro atoms. The molecular weight excluding hydrogens is 256 g/mol. The van der Waals surface area contributed by atoms with E-state index in [1.165, 1.54) is 96.6 Å². The van der Waals surface area contributed by atoms with Crippen molar-refractivity contribution in [1.29, 1.82) is 5.26 Å². The molecule has 0 aromatic carbocycles. The van der Waals surface area contributed by atoms with Crippen LogP contribution in [0.5, 0.6) is 0 Å². The van der Waals surface area contributed by atoms with E-state index in [1.807, 2.05) is 4.90 Å². The highest BCUT2D eigenvalue weighted by molar-refractivity contribution is 4.55. The minimum absolute atomic E-state index is 0.937. The summed E-state index contributed by atoms with van der Waals surface area (Å²) >= 11 is 0. The van der Waals surface area contributed by atoms with Crippen molar-refractivity contribution in [2.45, 2.75) is 103 Å². The highest BCUT2D eigenvalue weighted by Crippen LogP contribution is 2.10. The lowest BCUT2D eigenvalue weighted by molar-refractivity contribution is -0.928. The predicted molar refractivity (Wildman–Crippen MR) is 90.8 cm³/mol. The summed E-state index contributed by atoms with van der Waals surface area (Å²) in [6, 6.07) is 0.937. The molecular formula is C19H38N2. The van der Waals surface area contributed by atoms with Crippen molar-refractivity contribution >= 4 is 0 Å². The van der Waals surface area contributed by atoms with Gasteiger partial charge in [0.25, 0.3) is 0 Å². The summed E-state index contributed by atoms with van der Waals surface area (Å²) in [6.45, 7) is 12.4. The first-order chi connectivity index (χ1) is 10.3. The fraction of sp³-hybridized carbons (Fsp3) is 0.947. The molecule has 1 heterocycles. The SMILES string of the molecule is CCCCCCCCCCCC[NH+]1CCCCC1C.[C-]#N. The third-order valence-corrected chi connectivity index (χ3v) is 4.93. The van der Waals surface area contributed by atoms with Gasteiger partial charge in [0.15, 0.2) is 0 Å². The number of piperidine rings is 1. The van der Waals surface area contributed by atoms with E-state index < -0.39 is 0 Å². The van der Waals surface area contributed by atoms with Crippen LogP contribution in [0.4, 0.5) is 0 Å². The number of unbranched alkanes of at least 4 members (excludes halogenated alkanes) is 9. The Balaban J connectivity index is 0.00000191. The lowest BCUT2D eigenvalue weighted by Crippen LogP contribution is -3.16. The van der Waals surface area contributed by atoms with Gasteiger partial charge in [0.2, 0.25) is 0 Å². The number of hydrogen-bond acceptors (Lipinski definition) is 1. The molecule has 0 aliphatic carbocycles. The first-order valence-electron chi connectivity index (χ1n) is 9.41. The van der Waals surface area contributed by atoms with Crippen LogP contribution < -0.4 is 4.90 Å². The molecule has 1 aliphatic rings. The second-order valence-corrected chi connectivity index (χ2v) is 6.74. The van der Waals surface area contributed by atoms with Crippen LogP contribution in [-0.4, -0.2) is 19.1 Å². The van der Waals surface area contributed by atoms with Crippen molar-refractivity contribution in [2.75, 3.05) is 13.1 Å². The summed E-state index contributed by atoms with van der Waals surface area (Å²) in [4.78, 5) is 1.89. The Labute approximate surface area is 133 Å². The zero-order chi connectivity index (χ0) is 15.8. The van der Waals surface area contributed by atoms with E-state index in [4.69, 9.17) is 11.8 Å². The minimum Gasteiger partial charge on any atom is -0.512 e. The second-order valence-electron chi connectivity index (χ2n) is 6.74. The van der Waals surface area contributed by atoms with Gasteiger partial charge in [0.1, 0.15) is 0 Å². The summed E-state index contributed by atoms with van der Waals surface area (Å²) in [6.07, 6.45) is 19.0. The van der Waals surface area contributed by atoms with E-state index in [0.717, 1.165) is 6.04 Å². The van der Waals surface area contributed by atoms with Crippen molar-refractivity contribution in [2.24, 2.45) is 0 Å². The van der Waals surface area contributed by atoms with E-state index in [0.29, 0.717) is 0 Å². The van der Waals surface area contributed by atoms with Crippen molar-refractivity contribution in [1.82, 2.24) is 0 Å². The van der Waals surface area contributed by atoms with Crippen LogP contribution in [0.2, 0.25) is 0 Å². The van der Waals surface area contributed by atoms with Crippen molar-refractivity contribution in [3.8, 4) is 0 Å². The Hall–Kier alpha value is -0.550. The Morgan fingerprint density at radius 2 is 1.38 bits per heavy atom. The molecule has 2 atom stereocenters. The fourth-order valence-electron chi connectivity index (χ4n) is 3.46. The van der Waals surface area contributed by atoms with Gasteiger partial charge in [-0.15, -0.1) is 0 Å². The van der Waals surface area contributed by atoms with Crippen molar-refractivity contribution in [3.63, 3.8) is 0 Å². The summed E-state index contributed by atoms with van der Waals surface area (Å²) in [7, 11) is 0. The molecule has 21 heavy (non-hydrogen) atoms. The maximum Gasteiger partial charge on any atom is 0.0846 e. The summed E-state index contributed by atoms with van der Waals surface area (Å²) in [5, 5.41) is 6.25. The number of quaternary nitrogens is 1. The third kappa shape index (κ3) is 11.8. The molecule has 2 unspecified atom stereocenters. The van der Waals surface area contributed by atoms with Crippen LogP contribution in [0.3, 0.4) is 0 Å².